The van der Waals surface area contributed by atoms with Crippen molar-refractivity contribution in [2.45, 2.75) is 25.8 Å². The van der Waals surface area contributed by atoms with E-state index in [1.165, 1.54) is 6.42 Å². The van der Waals surface area contributed by atoms with Crippen molar-refractivity contribution in [2.24, 2.45) is 5.92 Å². The lowest BCUT2D eigenvalue weighted by molar-refractivity contribution is 0.388. The standard InChI is InChI=1S/C18H20N6/c1-13-9-17(22-12-21-13)23-7-4-14-5-8-24(16(14)11-23)18-15(10-19)3-2-6-20-18/h2-3,6,9,12,14,16H,4-5,7-8,11H2,1H3. The second-order valence-electron chi connectivity index (χ2n) is 6.55. The summed E-state index contributed by atoms with van der Waals surface area (Å²) in [6, 6.07) is 8.38. The Bertz CT molecular complexity index is 783. The van der Waals surface area contributed by atoms with Crippen molar-refractivity contribution < 1.29 is 0 Å². The van der Waals surface area contributed by atoms with Crippen LogP contribution in [0.15, 0.2) is 30.7 Å². The number of nitriles is 1. The van der Waals surface area contributed by atoms with E-state index >= 15 is 0 Å². The molecule has 2 aliphatic rings. The molecule has 24 heavy (non-hydrogen) atoms. The number of rotatable bonds is 2. The summed E-state index contributed by atoms with van der Waals surface area (Å²) < 4.78 is 0. The van der Waals surface area contributed by atoms with Crippen molar-refractivity contribution in [3.05, 3.63) is 42.0 Å². The first kappa shape index (κ1) is 14.9. The summed E-state index contributed by atoms with van der Waals surface area (Å²) in [4.78, 5) is 17.8. The van der Waals surface area contributed by atoms with Crippen LogP contribution in [-0.2, 0) is 0 Å². The molecule has 0 saturated carbocycles. The number of hydrogen-bond acceptors (Lipinski definition) is 6. The molecule has 0 aliphatic carbocycles. The van der Waals surface area contributed by atoms with Gasteiger partial charge in [0.05, 0.1) is 11.6 Å². The highest BCUT2D eigenvalue weighted by atomic mass is 15.3. The van der Waals surface area contributed by atoms with Crippen LogP contribution in [0.4, 0.5) is 11.6 Å². The molecular formula is C18H20N6. The highest BCUT2D eigenvalue weighted by molar-refractivity contribution is 5.56. The zero-order valence-electron chi connectivity index (χ0n) is 13.8. The van der Waals surface area contributed by atoms with Crippen LogP contribution < -0.4 is 9.80 Å². The van der Waals surface area contributed by atoms with Gasteiger partial charge in [-0.1, -0.05) is 0 Å². The first-order chi connectivity index (χ1) is 11.8. The molecule has 2 aliphatic heterocycles. The number of nitrogens with zero attached hydrogens (tertiary/aromatic N) is 6. The van der Waals surface area contributed by atoms with E-state index in [4.69, 9.17) is 0 Å². The van der Waals surface area contributed by atoms with Gasteiger partial charge >= 0.3 is 0 Å². The third kappa shape index (κ3) is 2.56. The smallest absolute Gasteiger partial charge is 0.146 e. The number of fused-ring (bicyclic) bond motifs is 1. The summed E-state index contributed by atoms with van der Waals surface area (Å²) in [7, 11) is 0. The third-order valence-corrected chi connectivity index (χ3v) is 5.16. The van der Waals surface area contributed by atoms with Gasteiger partial charge in [0.1, 0.15) is 24.0 Å². The Morgan fingerprint density at radius 3 is 2.92 bits per heavy atom. The largest absolute Gasteiger partial charge is 0.354 e. The molecule has 0 radical (unpaired) electrons. The van der Waals surface area contributed by atoms with E-state index in [9.17, 15) is 5.26 Å². The van der Waals surface area contributed by atoms with Crippen molar-refractivity contribution >= 4 is 11.6 Å². The van der Waals surface area contributed by atoms with E-state index in [0.717, 1.165) is 43.4 Å². The Balaban J connectivity index is 1.61. The van der Waals surface area contributed by atoms with Gasteiger partial charge in [0.2, 0.25) is 0 Å². The lowest BCUT2D eigenvalue weighted by Gasteiger charge is -2.39. The summed E-state index contributed by atoms with van der Waals surface area (Å²) in [6.07, 6.45) is 5.73. The van der Waals surface area contributed by atoms with Crippen LogP contribution in [0.1, 0.15) is 24.1 Å². The van der Waals surface area contributed by atoms with Crippen LogP contribution in [0.2, 0.25) is 0 Å². The van der Waals surface area contributed by atoms with Gasteiger partial charge in [-0.25, -0.2) is 15.0 Å². The van der Waals surface area contributed by atoms with Crippen LogP contribution in [0.25, 0.3) is 0 Å². The highest BCUT2D eigenvalue weighted by Crippen LogP contribution is 2.36. The lowest BCUT2D eigenvalue weighted by atomic mass is 9.92. The van der Waals surface area contributed by atoms with Crippen molar-refractivity contribution in [1.82, 2.24) is 15.0 Å². The van der Waals surface area contributed by atoms with E-state index in [0.29, 0.717) is 17.5 Å². The van der Waals surface area contributed by atoms with Crippen LogP contribution in [0, 0.1) is 24.2 Å². The fourth-order valence-electron chi connectivity index (χ4n) is 3.94. The molecular weight excluding hydrogens is 300 g/mol. The normalized spacial score (nSPS) is 23.0. The minimum absolute atomic E-state index is 0.385. The fourth-order valence-corrected chi connectivity index (χ4v) is 3.94. The first-order valence-electron chi connectivity index (χ1n) is 8.41. The number of pyridine rings is 1. The van der Waals surface area contributed by atoms with Gasteiger partial charge in [0, 0.05) is 37.6 Å². The topological polar surface area (TPSA) is 68.9 Å². The van der Waals surface area contributed by atoms with Gasteiger partial charge in [-0.05, 0) is 37.8 Å². The molecule has 0 spiro atoms. The number of piperidine rings is 1. The molecule has 0 N–H and O–H groups in total. The average Bonchev–Trinajstić information content (AvgIpc) is 3.04. The molecule has 0 amide bonds. The van der Waals surface area contributed by atoms with Crippen LogP contribution in [0.5, 0.6) is 0 Å². The predicted octanol–water partition coefficient (Wildman–Crippen LogP) is 2.16. The SMILES string of the molecule is Cc1cc(N2CCC3CCN(c4ncccc4C#N)C3C2)ncn1. The second-order valence-corrected chi connectivity index (χ2v) is 6.55. The molecule has 4 rings (SSSR count). The monoisotopic (exact) mass is 320 g/mol. The van der Waals surface area contributed by atoms with E-state index in [1.807, 2.05) is 25.1 Å². The zero-order valence-corrected chi connectivity index (χ0v) is 13.8. The molecule has 2 fully saturated rings. The molecule has 2 unspecified atom stereocenters. The average molecular weight is 320 g/mol. The zero-order chi connectivity index (χ0) is 16.5. The number of aryl methyl sites for hydroxylation is 1. The third-order valence-electron chi connectivity index (χ3n) is 5.16. The summed E-state index contributed by atoms with van der Waals surface area (Å²) >= 11 is 0. The molecule has 0 bridgehead atoms. The lowest BCUT2D eigenvalue weighted by Crippen LogP contribution is -2.49. The van der Waals surface area contributed by atoms with Crippen molar-refractivity contribution in [3.63, 3.8) is 0 Å². The summed E-state index contributed by atoms with van der Waals surface area (Å²) in [5.41, 5.74) is 1.65. The van der Waals surface area contributed by atoms with E-state index in [-0.39, 0.29) is 0 Å². The van der Waals surface area contributed by atoms with Gasteiger partial charge < -0.3 is 9.80 Å². The minimum atomic E-state index is 0.385. The number of anilines is 2. The Kier molecular flexibility index (Phi) is 3.77. The van der Waals surface area contributed by atoms with Gasteiger partial charge in [0.25, 0.3) is 0 Å². The Morgan fingerprint density at radius 2 is 2.08 bits per heavy atom. The van der Waals surface area contributed by atoms with Crippen molar-refractivity contribution in [1.29, 1.82) is 5.26 Å². The van der Waals surface area contributed by atoms with Crippen molar-refractivity contribution in [3.8, 4) is 6.07 Å². The van der Waals surface area contributed by atoms with Gasteiger partial charge in [-0.2, -0.15) is 5.26 Å². The second kappa shape index (κ2) is 6.08. The summed E-state index contributed by atoms with van der Waals surface area (Å²) in [5, 5.41) is 9.39. The van der Waals surface area contributed by atoms with Crippen LogP contribution in [0.3, 0.4) is 0 Å². The predicted molar refractivity (Wildman–Crippen MR) is 91.8 cm³/mol. The van der Waals surface area contributed by atoms with Crippen LogP contribution >= 0.6 is 0 Å². The maximum absolute atomic E-state index is 9.39. The first-order valence-corrected chi connectivity index (χ1v) is 8.41. The Hall–Kier alpha value is -2.68. The maximum Gasteiger partial charge on any atom is 0.146 e. The molecule has 2 atom stereocenters. The molecule has 2 saturated heterocycles. The molecule has 4 heterocycles. The van der Waals surface area contributed by atoms with E-state index < -0.39 is 0 Å². The molecule has 2 aromatic rings. The van der Waals surface area contributed by atoms with Crippen LogP contribution in [-0.4, -0.2) is 40.6 Å². The number of aromatic nitrogens is 3. The molecule has 0 aromatic carbocycles. The molecule has 6 heteroatoms. The van der Waals surface area contributed by atoms with Crippen molar-refractivity contribution in [2.75, 3.05) is 29.4 Å². The Labute approximate surface area is 141 Å². The number of hydrogen-bond donors (Lipinski definition) is 0. The van der Waals surface area contributed by atoms with E-state index in [2.05, 4.69) is 30.8 Å². The van der Waals surface area contributed by atoms with Gasteiger partial charge in [0.15, 0.2) is 0 Å². The van der Waals surface area contributed by atoms with Gasteiger partial charge in [-0.15, -0.1) is 0 Å². The maximum atomic E-state index is 9.39. The molecule has 122 valence electrons. The van der Waals surface area contributed by atoms with Gasteiger partial charge in [-0.3, -0.25) is 0 Å². The molecule has 2 aromatic heterocycles. The van der Waals surface area contributed by atoms with E-state index in [1.54, 1.807) is 12.5 Å². The molecule has 6 nitrogen and oxygen atoms in total. The quantitative estimate of drug-likeness (QED) is 0.844. The minimum Gasteiger partial charge on any atom is -0.354 e. The summed E-state index contributed by atoms with van der Waals surface area (Å²) in [6.45, 7) is 4.91. The Morgan fingerprint density at radius 1 is 1.21 bits per heavy atom. The fraction of sp³-hybridized carbons (Fsp3) is 0.444. The summed E-state index contributed by atoms with van der Waals surface area (Å²) in [5.74, 6) is 2.49. The highest BCUT2D eigenvalue weighted by Gasteiger charge is 2.40.